The summed E-state index contributed by atoms with van der Waals surface area (Å²) in [5, 5.41) is 0. The zero-order valence-corrected chi connectivity index (χ0v) is 11.4. The van der Waals surface area contributed by atoms with Gasteiger partial charge >= 0.3 is 5.97 Å². The fourth-order valence-electron chi connectivity index (χ4n) is 1.04. The molecule has 0 aromatic heterocycles. The van der Waals surface area contributed by atoms with Crippen molar-refractivity contribution in [2.24, 2.45) is 5.41 Å². The molecule has 0 aliphatic heterocycles. The molecule has 0 saturated heterocycles. The Morgan fingerprint density at radius 1 is 1.12 bits per heavy atom. The van der Waals surface area contributed by atoms with E-state index in [1.165, 1.54) is 4.90 Å². The standard InChI is InChI=1S/C13H19O2S/c1-13(2,3)12(14)15-10-6-8-11(9-7-10)16(4)5/h6-9H,1-5H3/q+1. The third kappa shape index (κ3) is 3.56. The normalized spacial score (nSPS) is 11.6. The summed E-state index contributed by atoms with van der Waals surface area (Å²) in [4.78, 5) is 12.9. The van der Waals surface area contributed by atoms with Crippen molar-refractivity contribution < 1.29 is 9.53 Å². The summed E-state index contributed by atoms with van der Waals surface area (Å²) in [6.07, 6.45) is 4.33. The average molecular weight is 239 g/mol. The second-order valence-corrected chi connectivity index (χ2v) is 7.03. The molecule has 2 nitrogen and oxygen atoms in total. The number of ether oxygens (including phenoxy) is 1. The van der Waals surface area contributed by atoms with Gasteiger partial charge in [0, 0.05) is 10.9 Å². The van der Waals surface area contributed by atoms with Crippen LogP contribution in [-0.4, -0.2) is 18.5 Å². The fraction of sp³-hybridized carbons (Fsp3) is 0.462. The van der Waals surface area contributed by atoms with E-state index in [-0.39, 0.29) is 16.9 Å². The number of carbonyl (C=O) groups excluding carboxylic acids is 1. The summed E-state index contributed by atoms with van der Waals surface area (Å²) < 4.78 is 5.28. The Morgan fingerprint density at radius 3 is 2.00 bits per heavy atom. The summed E-state index contributed by atoms with van der Waals surface area (Å²) >= 11 is 0. The van der Waals surface area contributed by atoms with Crippen molar-refractivity contribution in [3.05, 3.63) is 24.3 Å². The van der Waals surface area contributed by atoms with Gasteiger partial charge in [0.25, 0.3) is 0 Å². The van der Waals surface area contributed by atoms with Gasteiger partial charge in [-0.15, -0.1) is 0 Å². The highest BCUT2D eigenvalue weighted by Crippen LogP contribution is 2.20. The number of hydrogen-bond acceptors (Lipinski definition) is 2. The fourth-order valence-corrected chi connectivity index (χ4v) is 1.72. The van der Waals surface area contributed by atoms with Crippen LogP contribution in [0, 0.1) is 5.41 Å². The van der Waals surface area contributed by atoms with E-state index in [4.69, 9.17) is 4.74 Å². The van der Waals surface area contributed by atoms with Crippen molar-refractivity contribution in [3.63, 3.8) is 0 Å². The number of rotatable bonds is 2. The van der Waals surface area contributed by atoms with E-state index >= 15 is 0 Å². The van der Waals surface area contributed by atoms with E-state index in [1.54, 1.807) is 0 Å². The largest absolute Gasteiger partial charge is 0.426 e. The molecule has 88 valence electrons. The minimum Gasteiger partial charge on any atom is -0.426 e. The van der Waals surface area contributed by atoms with E-state index in [2.05, 4.69) is 12.5 Å². The maximum atomic E-state index is 11.6. The summed E-state index contributed by atoms with van der Waals surface area (Å²) in [6.45, 7) is 5.54. The molecule has 1 rings (SSSR count). The van der Waals surface area contributed by atoms with Crippen LogP contribution in [0.25, 0.3) is 0 Å². The SMILES string of the molecule is C[S+](C)c1ccc(OC(=O)C(C)(C)C)cc1. The number of carbonyl (C=O) groups is 1. The quantitative estimate of drug-likeness (QED) is 0.450. The van der Waals surface area contributed by atoms with Gasteiger partial charge in [0.2, 0.25) is 0 Å². The molecule has 1 aromatic rings. The Kier molecular flexibility index (Phi) is 4.03. The van der Waals surface area contributed by atoms with Gasteiger partial charge in [0.1, 0.15) is 18.3 Å². The van der Waals surface area contributed by atoms with Crippen LogP contribution in [0.5, 0.6) is 5.75 Å². The van der Waals surface area contributed by atoms with Crippen LogP contribution in [-0.2, 0) is 15.7 Å². The van der Waals surface area contributed by atoms with Gasteiger partial charge in [-0.3, -0.25) is 4.79 Å². The molecule has 3 heteroatoms. The number of benzene rings is 1. The first-order chi connectivity index (χ1) is 7.30. The van der Waals surface area contributed by atoms with Gasteiger partial charge in [0.15, 0.2) is 4.90 Å². The topological polar surface area (TPSA) is 26.3 Å². The van der Waals surface area contributed by atoms with Gasteiger partial charge in [0.05, 0.1) is 5.41 Å². The number of hydrogen-bond donors (Lipinski definition) is 0. The van der Waals surface area contributed by atoms with E-state index in [0.717, 1.165) is 0 Å². The molecule has 0 atom stereocenters. The molecule has 0 heterocycles. The van der Waals surface area contributed by atoms with Gasteiger partial charge in [-0.05, 0) is 45.0 Å². The molecule has 0 aliphatic carbocycles. The van der Waals surface area contributed by atoms with Crippen LogP contribution >= 0.6 is 0 Å². The van der Waals surface area contributed by atoms with Crippen molar-refractivity contribution in [1.29, 1.82) is 0 Å². The van der Waals surface area contributed by atoms with Gasteiger partial charge in [-0.25, -0.2) is 0 Å². The predicted molar refractivity (Wildman–Crippen MR) is 69.0 cm³/mol. The lowest BCUT2D eigenvalue weighted by molar-refractivity contribution is -0.142. The van der Waals surface area contributed by atoms with Crippen molar-refractivity contribution in [2.75, 3.05) is 12.5 Å². The molecule has 0 N–H and O–H groups in total. The maximum Gasteiger partial charge on any atom is 0.316 e. The maximum absolute atomic E-state index is 11.6. The van der Waals surface area contributed by atoms with Crippen LogP contribution in [0.15, 0.2) is 29.2 Å². The molecule has 1 aromatic carbocycles. The first kappa shape index (κ1) is 13.1. The molecule has 0 spiro atoms. The van der Waals surface area contributed by atoms with E-state index in [9.17, 15) is 4.79 Å². The second kappa shape index (κ2) is 4.91. The van der Waals surface area contributed by atoms with Gasteiger partial charge in [-0.2, -0.15) is 0 Å². The van der Waals surface area contributed by atoms with Crippen LogP contribution in [0.3, 0.4) is 0 Å². The van der Waals surface area contributed by atoms with Crippen molar-refractivity contribution in [3.8, 4) is 5.75 Å². The summed E-state index contributed by atoms with van der Waals surface area (Å²) in [7, 11) is 0.243. The van der Waals surface area contributed by atoms with Crippen LogP contribution in [0.4, 0.5) is 0 Å². The Hall–Kier alpha value is -0.960. The molecule has 0 bridgehead atoms. The van der Waals surface area contributed by atoms with Crippen molar-refractivity contribution in [2.45, 2.75) is 25.7 Å². The third-order valence-electron chi connectivity index (χ3n) is 2.12. The second-order valence-electron chi connectivity index (χ2n) is 4.93. The lowest BCUT2D eigenvalue weighted by Crippen LogP contribution is -2.25. The van der Waals surface area contributed by atoms with Crippen LogP contribution in [0.2, 0.25) is 0 Å². The third-order valence-corrected chi connectivity index (χ3v) is 3.33. The highest BCUT2D eigenvalue weighted by Gasteiger charge is 2.23. The zero-order valence-electron chi connectivity index (χ0n) is 10.5. The molecule has 0 aliphatic rings. The minimum atomic E-state index is -0.460. The van der Waals surface area contributed by atoms with Gasteiger partial charge < -0.3 is 4.74 Å². The molecule has 0 unspecified atom stereocenters. The first-order valence-corrected chi connectivity index (χ1v) is 7.25. The first-order valence-electron chi connectivity index (χ1n) is 5.20. The molecular formula is C13H19O2S+. The lowest BCUT2D eigenvalue weighted by atomic mass is 9.97. The Bertz CT molecular complexity index is 361. The van der Waals surface area contributed by atoms with Crippen LogP contribution < -0.4 is 4.74 Å². The summed E-state index contributed by atoms with van der Waals surface area (Å²) in [6, 6.07) is 7.72. The lowest BCUT2D eigenvalue weighted by Gasteiger charge is -2.16. The molecule has 16 heavy (non-hydrogen) atoms. The van der Waals surface area contributed by atoms with E-state index in [1.807, 2.05) is 45.0 Å². The Balaban J connectivity index is 2.73. The zero-order chi connectivity index (χ0) is 12.3. The summed E-state index contributed by atoms with van der Waals surface area (Å²) in [5.41, 5.74) is -0.460. The molecule has 0 fully saturated rings. The molecule has 0 amide bonds. The smallest absolute Gasteiger partial charge is 0.316 e. The minimum absolute atomic E-state index is 0.202. The summed E-state index contributed by atoms with van der Waals surface area (Å²) in [5.74, 6) is 0.418. The highest BCUT2D eigenvalue weighted by atomic mass is 32.2. The molecule has 0 radical (unpaired) electrons. The van der Waals surface area contributed by atoms with Gasteiger partial charge in [-0.1, -0.05) is 0 Å². The monoisotopic (exact) mass is 239 g/mol. The Labute approximate surface area is 100 Å². The van der Waals surface area contributed by atoms with E-state index in [0.29, 0.717) is 5.75 Å². The van der Waals surface area contributed by atoms with E-state index < -0.39 is 5.41 Å². The number of esters is 1. The predicted octanol–water partition coefficient (Wildman–Crippen LogP) is 2.87. The molecular weight excluding hydrogens is 220 g/mol. The van der Waals surface area contributed by atoms with Crippen molar-refractivity contribution in [1.82, 2.24) is 0 Å². The Morgan fingerprint density at radius 2 is 1.62 bits per heavy atom. The van der Waals surface area contributed by atoms with Crippen LogP contribution in [0.1, 0.15) is 20.8 Å². The molecule has 0 saturated carbocycles. The van der Waals surface area contributed by atoms with Crippen molar-refractivity contribution >= 4 is 16.9 Å². The average Bonchev–Trinajstić information content (AvgIpc) is 2.17. The highest BCUT2D eigenvalue weighted by molar-refractivity contribution is 7.95.